The van der Waals surface area contributed by atoms with Crippen LogP contribution in [0.1, 0.15) is 21.1 Å². The van der Waals surface area contributed by atoms with Crippen LogP contribution in [0.4, 0.5) is 0 Å². The van der Waals surface area contributed by atoms with Gasteiger partial charge >= 0.3 is 0 Å². The summed E-state index contributed by atoms with van der Waals surface area (Å²) in [5.74, 6) is 1.67. The minimum absolute atomic E-state index is 0.600. The summed E-state index contributed by atoms with van der Waals surface area (Å²) in [4.78, 5) is 7.53. The molecule has 5 heteroatoms. The zero-order valence-electron chi connectivity index (χ0n) is 12.0. The molecular weight excluding hydrogens is 415 g/mol. The summed E-state index contributed by atoms with van der Waals surface area (Å²) < 4.78 is 3.52. The Morgan fingerprint density at radius 1 is 1.29 bits per heavy atom. The third-order valence-corrected chi connectivity index (χ3v) is 5.64. The van der Waals surface area contributed by atoms with E-state index in [1.54, 1.807) is 0 Å². The summed E-state index contributed by atoms with van der Waals surface area (Å²) >= 11 is 10.1. The van der Waals surface area contributed by atoms with Gasteiger partial charge in [-0.15, -0.1) is 22.9 Å². The lowest BCUT2D eigenvalue weighted by Crippen LogP contribution is -2.04. The van der Waals surface area contributed by atoms with Crippen LogP contribution >= 0.6 is 45.5 Å². The lowest BCUT2D eigenvalue weighted by Gasteiger charge is -2.07. The van der Waals surface area contributed by atoms with Crippen molar-refractivity contribution in [1.29, 1.82) is 0 Å². The molecule has 0 bridgehead atoms. The molecule has 1 aromatic carbocycles. The minimum atomic E-state index is 0.600. The zero-order chi connectivity index (χ0) is 15.0. The Balaban J connectivity index is 2.08. The Labute approximate surface area is 147 Å². The zero-order valence-corrected chi connectivity index (χ0v) is 15.7. The molecule has 0 aliphatic heterocycles. The molecule has 3 aromatic rings. The summed E-state index contributed by atoms with van der Waals surface area (Å²) in [6, 6.07) is 8.71. The normalized spacial score (nSPS) is 11.4. The van der Waals surface area contributed by atoms with Crippen molar-refractivity contribution in [3.63, 3.8) is 0 Å². The monoisotopic (exact) mass is 430 g/mol. The number of fused-ring (bicyclic) bond motifs is 1. The van der Waals surface area contributed by atoms with E-state index >= 15 is 0 Å². The molecule has 0 N–H and O–H groups in total. The molecule has 110 valence electrons. The van der Waals surface area contributed by atoms with Gasteiger partial charge in [0.25, 0.3) is 0 Å². The largest absolute Gasteiger partial charge is 0.323 e. The highest BCUT2D eigenvalue weighted by molar-refractivity contribution is 14.1. The van der Waals surface area contributed by atoms with Gasteiger partial charge < -0.3 is 4.57 Å². The third-order valence-electron chi connectivity index (χ3n) is 3.64. The SMILES string of the molecule is Cc1cc(Cn2c(CCCl)nc3cc(I)ccc32)sc1C. The maximum atomic E-state index is 5.95. The molecule has 2 aromatic heterocycles. The predicted molar refractivity (Wildman–Crippen MR) is 99.8 cm³/mol. The molecule has 2 heterocycles. The molecule has 0 aliphatic rings. The predicted octanol–water partition coefficient (Wildman–Crippen LogP) is 5.15. The number of hydrogen-bond acceptors (Lipinski definition) is 2. The van der Waals surface area contributed by atoms with Crippen molar-refractivity contribution in [3.8, 4) is 0 Å². The van der Waals surface area contributed by atoms with Crippen LogP contribution in [0.3, 0.4) is 0 Å². The molecule has 2 nitrogen and oxygen atoms in total. The van der Waals surface area contributed by atoms with Crippen LogP contribution in [0.5, 0.6) is 0 Å². The molecule has 21 heavy (non-hydrogen) atoms. The van der Waals surface area contributed by atoms with Crippen molar-refractivity contribution in [2.45, 2.75) is 26.8 Å². The third kappa shape index (κ3) is 3.12. The number of rotatable bonds is 4. The van der Waals surface area contributed by atoms with Gasteiger partial charge in [0.1, 0.15) is 5.82 Å². The Kier molecular flexibility index (Phi) is 4.57. The fraction of sp³-hybridized carbons (Fsp3) is 0.312. The Morgan fingerprint density at radius 2 is 2.10 bits per heavy atom. The first-order valence-electron chi connectivity index (χ1n) is 6.85. The van der Waals surface area contributed by atoms with E-state index in [0.717, 1.165) is 24.3 Å². The first-order valence-corrected chi connectivity index (χ1v) is 9.28. The van der Waals surface area contributed by atoms with E-state index in [1.165, 1.54) is 24.4 Å². The second kappa shape index (κ2) is 6.26. The van der Waals surface area contributed by atoms with Crippen molar-refractivity contribution in [3.05, 3.63) is 49.0 Å². The first-order chi connectivity index (χ1) is 10.1. The number of aromatic nitrogens is 2. The van der Waals surface area contributed by atoms with Crippen molar-refractivity contribution >= 4 is 56.6 Å². The molecule has 0 unspecified atom stereocenters. The van der Waals surface area contributed by atoms with E-state index in [2.05, 4.69) is 65.3 Å². The summed E-state index contributed by atoms with van der Waals surface area (Å²) in [6.07, 6.45) is 0.802. The summed E-state index contributed by atoms with van der Waals surface area (Å²) in [6.45, 7) is 5.23. The van der Waals surface area contributed by atoms with Crippen molar-refractivity contribution in [2.75, 3.05) is 5.88 Å². The molecule has 0 amide bonds. The number of thiophene rings is 1. The number of halogens is 2. The molecule has 0 radical (unpaired) electrons. The van der Waals surface area contributed by atoms with Gasteiger partial charge in [-0.25, -0.2) is 4.98 Å². The van der Waals surface area contributed by atoms with Gasteiger partial charge in [0, 0.05) is 25.6 Å². The van der Waals surface area contributed by atoms with Gasteiger partial charge in [0.05, 0.1) is 17.6 Å². The van der Waals surface area contributed by atoms with Gasteiger partial charge in [0.15, 0.2) is 0 Å². The number of aryl methyl sites for hydroxylation is 3. The summed E-state index contributed by atoms with van der Waals surface area (Å²) in [7, 11) is 0. The number of hydrogen-bond donors (Lipinski definition) is 0. The van der Waals surface area contributed by atoms with E-state index in [1.807, 2.05) is 11.3 Å². The number of imidazole rings is 1. The number of nitrogens with zero attached hydrogens (tertiary/aromatic N) is 2. The Bertz CT molecular complexity index is 772. The molecular formula is C16H16ClIN2S. The van der Waals surface area contributed by atoms with E-state index < -0.39 is 0 Å². The van der Waals surface area contributed by atoms with Gasteiger partial charge in [0.2, 0.25) is 0 Å². The lowest BCUT2D eigenvalue weighted by atomic mass is 10.2. The van der Waals surface area contributed by atoms with Crippen LogP contribution in [-0.4, -0.2) is 15.4 Å². The molecule has 0 saturated carbocycles. The van der Waals surface area contributed by atoms with Crippen molar-refractivity contribution < 1.29 is 0 Å². The molecule has 0 fully saturated rings. The molecule has 3 rings (SSSR count). The maximum absolute atomic E-state index is 5.95. The second-order valence-corrected chi connectivity index (χ2v) is 8.10. The molecule has 0 aliphatic carbocycles. The summed E-state index contributed by atoms with van der Waals surface area (Å²) in [5.41, 5.74) is 3.62. The quantitative estimate of drug-likeness (QED) is 0.413. The lowest BCUT2D eigenvalue weighted by molar-refractivity contribution is 0.763. The van der Waals surface area contributed by atoms with Crippen LogP contribution in [0, 0.1) is 17.4 Å². The standard InChI is InChI=1S/C16H16ClIN2S/c1-10-7-13(21-11(10)2)9-20-15-4-3-12(18)8-14(15)19-16(20)5-6-17/h3-4,7-8H,5-6,9H2,1-2H3. The Hall–Kier alpha value is -0.590. The van der Waals surface area contributed by atoms with E-state index in [0.29, 0.717) is 5.88 Å². The highest BCUT2D eigenvalue weighted by atomic mass is 127. The van der Waals surface area contributed by atoms with Gasteiger partial charge in [-0.2, -0.15) is 0 Å². The van der Waals surface area contributed by atoms with E-state index in [4.69, 9.17) is 16.6 Å². The number of benzene rings is 1. The highest BCUT2D eigenvalue weighted by Gasteiger charge is 2.12. The fourth-order valence-corrected chi connectivity index (χ4v) is 4.17. The van der Waals surface area contributed by atoms with E-state index in [-0.39, 0.29) is 0 Å². The molecule has 0 spiro atoms. The maximum Gasteiger partial charge on any atom is 0.111 e. The van der Waals surface area contributed by atoms with Crippen molar-refractivity contribution in [2.24, 2.45) is 0 Å². The van der Waals surface area contributed by atoms with Crippen LogP contribution in [-0.2, 0) is 13.0 Å². The smallest absolute Gasteiger partial charge is 0.111 e. The topological polar surface area (TPSA) is 17.8 Å². The number of alkyl halides is 1. The van der Waals surface area contributed by atoms with Gasteiger partial charge in [-0.05, 0) is 66.3 Å². The molecule has 0 atom stereocenters. The van der Waals surface area contributed by atoms with Crippen LogP contribution in [0.25, 0.3) is 11.0 Å². The molecule has 0 saturated heterocycles. The van der Waals surface area contributed by atoms with Crippen LogP contribution < -0.4 is 0 Å². The Morgan fingerprint density at radius 3 is 2.76 bits per heavy atom. The van der Waals surface area contributed by atoms with E-state index in [9.17, 15) is 0 Å². The van der Waals surface area contributed by atoms with Crippen molar-refractivity contribution in [1.82, 2.24) is 9.55 Å². The van der Waals surface area contributed by atoms with Gasteiger partial charge in [-0.3, -0.25) is 0 Å². The average Bonchev–Trinajstić information content (AvgIpc) is 2.92. The van der Waals surface area contributed by atoms with Crippen LogP contribution in [0.2, 0.25) is 0 Å². The second-order valence-electron chi connectivity index (χ2n) is 5.14. The summed E-state index contributed by atoms with van der Waals surface area (Å²) in [5, 5.41) is 0. The average molecular weight is 431 g/mol. The van der Waals surface area contributed by atoms with Gasteiger partial charge in [-0.1, -0.05) is 0 Å². The fourth-order valence-electron chi connectivity index (χ4n) is 2.49. The highest BCUT2D eigenvalue weighted by Crippen LogP contribution is 2.25. The van der Waals surface area contributed by atoms with Crippen LogP contribution in [0.15, 0.2) is 24.3 Å². The first kappa shape index (κ1) is 15.3. The minimum Gasteiger partial charge on any atom is -0.323 e.